The number of rotatable bonds is 7. The second-order valence-corrected chi connectivity index (χ2v) is 17.6. The Bertz CT molecular complexity index is 4110. The Labute approximate surface area is 396 Å². The van der Waals surface area contributed by atoms with Crippen molar-refractivity contribution in [2.45, 2.75) is 0 Å². The first-order chi connectivity index (χ1) is 34.2. The van der Waals surface area contributed by atoms with Crippen molar-refractivity contribution >= 4 is 65.6 Å². The fourth-order valence-corrected chi connectivity index (χ4v) is 10.4. The zero-order valence-corrected chi connectivity index (χ0v) is 37.2. The molecule has 0 fully saturated rings. The molecule has 4 heterocycles. The standard InChI is InChI=1S/C63H39N5O/c1-4-15-40(16-5-1)42-27-31-44(32-28-42)61-64-62(45-33-29-43(30-34-45)41-17-6-2-7-18-41)66-63(65-61)46-35-38-55-52(39-46)50-36-37-51-58-56(68-53-23-12-10-21-48(53)49-22-11-13-24-54(49)68)25-14-26-57(58)69-60(51)59(50)67(55)47-19-8-3-9-20-47/h1-39H. The largest absolute Gasteiger partial charge is 0.454 e. The van der Waals surface area contributed by atoms with Crippen molar-refractivity contribution in [1.82, 2.24) is 24.1 Å². The molecule has 0 saturated carbocycles. The van der Waals surface area contributed by atoms with Crippen LogP contribution in [0.15, 0.2) is 241 Å². The minimum absolute atomic E-state index is 0.595. The summed E-state index contributed by atoms with van der Waals surface area (Å²) in [7, 11) is 0. The third-order valence-corrected chi connectivity index (χ3v) is 13.6. The lowest BCUT2D eigenvalue weighted by atomic mass is 10.0. The van der Waals surface area contributed by atoms with E-state index in [-0.39, 0.29) is 0 Å². The van der Waals surface area contributed by atoms with Crippen molar-refractivity contribution in [3.63, 3.8) is 0 Å². The van der Waals surface area contributed by atoms with E-state index in [1.165, 1.54) is 10.8 Å². The van der Waals surface area contributed by atoms with Crippen LogP contribution in [-0.4, -0.2) is 24.1 Å². The van der Waals surface area contributed by atoms with Crippen LogP contribution in [0.2, 0.25) is 0 Å². The highest BCUT2D eigenvalue weighted by Crippen LogP contribution is 2.44. The van der Waals surface area contributed by atoms with Gasteiger partial charge >= 0.3 is 0 Å². The van der Waals surface area contributed by atoms with Crippen molar-refractivity contribution in [1.29, 1.82) is 0 Å². The van der Waals surface area contributed by atoms with E-state index in [2.05, 4.69) is 234 Å². The van der Waals surface area contributed by atoms with Gasteiger partial charge in [0, 0.05) is 49.3 Å². The topological polar surface area (TPSA) is 61.7 Å². The van der Waals surface area contributed by atoms with Crippen LogP contribution >= 0.6 is 0 Å². The first kappa shape index (κ1) is 38.8. The van der Waals surface area contributed by atoms with E-state index in [4.69, 9.17) is 19.4 Å². The predicted molar refractivity (Wildman–Crippen MR) is 283 cm³/mol. The van der Waals surface area contributed by atoms with Gasteiger partial charge in [-0.15, -0.1) is 0 Å². The normalized spacial score (nSPS) is 11.8. The molecule has 0 spiro atoms. The molecule has 0 aliphatic carbocycles. The first-order valence-corrected chi connectivity index (χ1v) is 23.3. The maximum atomic E-state index is 7.07. The number of nitrogens with zero attached hydrogens (tertiary/aromatic N) is 5. The van der Waals surface area contributed by atoms with E-state index in [0.29, 0.717) is 17.5 Å². The van der Waals surface area contributed by atoms with E-state index < -0.39 is 0 Å². The highest BCUT2D eigenvalue weighted by Gasteiger charge is 2.23. The van der Waals surface area contributed by atoms with Gasteiger partial charge in [-0.3, -0.25) is 0 Å². The van der Waals surface area contributed by atoms with Crippen molar-refractivity contribution < 1.29 is 4.42 Å². The summed E-state index contributed by atoms with van der Waals surface area (Å²) in [5, 5.41) is 6.71. The predicted octanol–water partition coefficient (Wildman–Crippen LogP) is 16.3. The Morgan fingerprint density at radius 2 is 0.768 bits per heavy atom. The molecule has 6 nitrogen and oxygen atoms in total. The molecule has 4 aromatic heterocycles. The number of fused-ring (bicyclic) bond motifs is 10. The molecular weight excluding hydrogens is 843 g/mol. The SMILES string of the molecule is c1ccc(-c2ccc(-c3nc(-c4ccc(-c5ccccc5)cc4)nc(-c4ccc5c(c4)c4ccc6c(oc7cccc(-n8c9ccccc9c9ccccc98)c76)c4n5-c4ccccc4)n3)cc2)cc1. The smallest absolute Gasteiger partial charge is 0.164 e. The zero-order valence-electron chi connectivity index (χ0n) is 37.2. The average Bonchev–Trinajstić information content (AvgIpc) is 4.09. The lowest BCUT2D eigenvalue weighted by Gasteiger charge is -2.11. The zero-order chi connectivity index (χ0) is 45.4. The minimum atomic E-state index is 0.595. The second kappa shape index (κ2) is 15.6. The van der Waals surface area contributed by atoms with Gasteiger partial charge in [-0.1, -0.05) is 176 Å². The third kappa shape index (κ3) is 6.30. The van der Waals surface area contributed by atoms with Crippen molar-refractivity contribution in [2.24, 2.45) is 0 Å². The van der Waals surface area contributed by atoms with Gasteiger partial charge in [0.25, 0.3) is 0 Å². The monoisotopic (exact) mass is 881 g/mol. The summed E-state index contributed by atoms with van der Waals surface area (Å²) in [5.74, 6) is 1.81. The summed E-state index contributed by atoms with van der Waals surface area (Å²) in [4.78, 5) is 15.6. The van der Waals surface area contributed by atoms with Gasteiger partial charge < -0.3 is 13.6 Å². The van der Waals surface area contributed by atoms with Crippen LogP contribution in [0, 0.1) is 0 Å². The van der Waals surface area contributed by atoms with Crippen LogP contribution < -0.4 is 0 Å². The number of para-hydroxylation sites is 3. The number of hydrogen-bond acceptors (Lipinski definition) is 4. The quantitative estimate of drug-likeness (QED) is 0.160. The summed E-state index contributed by atoms with van der Waals surface area (Å²) in [6, 6.07) is 83.1. The van der Waals surface area contributed by atoms with Crippen molar-refractivity contribution in [2.75, 3.05) is 0 Å². The number of furan rings is 1. The molecule has 10 aromatic carbocycles. The number of hydrogen-bond donors (Lipinski definition) is 0. The Kier molecular flexibility index (Phi) is 8.79. The van der Waals surface area contributed by atoms with Gasteiger partial charge in [-0.05, 0) is 82.9 Å². The Morgan fingerprint density at radius 1 is 0.304 bits per heavy atom. The van der Waals surface area contributed by atoms with Crippen molar-refractivity contribution in [3.8, 4) is 67.8 Å². The van der Waals surface area contributed by atoms with Gasteiger partial charge in [0.1, 0.15) is 5.58 Å². The number of aromatic nitrogens is 5. The molecule has 0 N–H and O–H groups in total. The lowest BCUT2D eigenvalue weighted by Crippen LogP contribution is -2.00. The summed E-state index contributed by atoms with van der Waals surface area (Å²) in [5.41, 5.74) is 15.5. The lowest BCUT2D eigenvalue weighted by molar-refractivity contribution is 0.671. The molecular formula is C63H39N5O. The maximum absolute atomic E-state index is 7.07. The molecule has 322 valence electrons. The summed E-state index contributed by atoms with van der Waals surface area (Å²) in [6.07, 6.45) is 0. The molecule has 0 aliphatic heterocycles. The molecule has 6 heteroatoms. The van der Waals surface area contributed by atoms with E-state index in [1.54, 1.807) is 0 Å². The van der Waals surface area contributed by atoms with Crippen LogP contribution in [0.1, 0.15) is 0 Å². The van der Waals surface area contributed by atoms with E-state index in [0.717, 1.165) is 105 Å². The number of benzene rings is 10. The van der Waals surface area contributed by atoms with Crippen molar-refractivity contribution in [3.05, 3.63) is 237 Å². The molecule has 0 atom stereocenters. The highest BCUT2D eigenvalue weighted by molar-refractivity contribution is 6.23. The maximum Gasteiger partial charge on any atom is 0.164 e. The summed E-state index contributed by atoms with van der Waals surface area (Å²) < 4.78 is 11.8. The highest BCUT2D eigenvalue weighted by atomic mass is 16.3. The third-order valence-electron chi connectivity index (χ3n) is 13.6. The second-order valence-electron chi connectivity index (χ2n) is 17.6. The fourth-order valence-electron chi connectivity index (χ4n) is 10.4. The van der Waals surface area contributed by atoms with E-state index >= 15 is 0 Å². The fraction of sp³-hybridized carbons (Fsp3) is 0. The first-order valence-electron chi connectivity index (χ1n) is 23.3. The van der Waals surface area contributed by atoms with Crippen LogP contribution in [0.3, 0.4) is 0 Å². The van der Waals surface area contributed by atoms with Crippen LogP contribution in [0.4, 0.5) is 0 Å². The van der Waals surface area contributed by atoms with E-state index in [1.807, 2.05) is 12.1 Å². The molecule has 0 unspecified atom stereocenters. The molecule has 0 saturated heterocycles. The minimum Gasteiger partial charge on any atom is -0.454 e. The van der Waals surface area contributed by atoms with Gasteiger partial charge in [0.2, 0.25) is 0 Å². The summed E-state index contributed by atoms with van der Waals surface area (Å²) >= 11 is 0. The molecule has 0 aliphatic rings. The van der Waals surface area contributed by atoms with Gasteiger partial charge in [0.05, 0.1) is 33.1 Å². The van der Waals surface area contributed by atoms with Gasteiger partial charge in [-0.25, -0.2) is 15.0 Å². The molecule has 14 rings (SSSR count). The molecule has 0 radical (unpaired) electrons. The van der Waals surface area contributed by atoms with Gasteiger partial charge in [-0.2, -0.15) is 0 Å². The van der Waals surface area contributed by atoms with Gasteiger partial charge in [0.15, 0.2) is 23.1 Å². The average molecular weight is 882 g/mol. The summed E-state index contributed by atoms with van der Waals surface area (Å²) in [6.45, 7) is 0. The van der Waals surface area contributed by atoms with Crippen LogP contribution in [0.5, 0.6) is 0 Å². The van der Waals surface area contributed by atoms with Crippen LogP contribution in [0.25, 0.3) is 133 Å². The van der Waals surface area contributed by atoms with Crippen LogP contribution in [-0.2, 0) is 0 Å². The Morgan fingerprint density at radius 3 is 1.36 bits per heavy atom. The Balaban J connectivity index is 0.970. The molecule has 69 heavy (non-hydrogen) atoms. The molecule has 0 bridgehead atoms. The molecule has 0 amide bonds. The Hall–Kier alpha value is -9.39. The van der Waals surface area contributed by atoms with E-state index in [9.17, 15) is 0 Å². The molecule has 14 aromatic rings.